The normalized spacial score (nSPS) is 27.9. The molecule has 1 unspecified atom stereocenters. The van der Waals surface area contributed by atoms with Gasteiger partial charge in [0.1, 0.15) is 9.84 Å². The fraction of sp³-hybridized carbons (Fsp3) is 1.00. The Morgan fingerprint density at radius 3 is 2.59 bits per heavy atom. The molecular formula is C12H25NO3S. The Kier molecular flexibility index (Phi) is 5.41. The lowest BCUT2D eigenvalue weighted by molar-refractivity contribution is 0.0224. The summed E-state index contributed by atoms with van der Waals surface area (Å²) >= 11 is 0. The highest BCUT2D eigenvalue weighted by molar-refractivity contribution is 7.90. The highest BCUT2D eigenvalue weighted by Gasteiger charge is 2.30. The second-order valence-corrected chi connectivity index (χ2v) is 7.56. The van der Waals surface area contributed by atoms with Crippen molar-refractivity contribution in [3.63, 3.8) is 0 Å². The van der Waals surface area contributed by atoms with Gasteiger partial charge in [-0.15, -0.1) is 0 Å². The van der Waals surface area contributed by atoms with Crippen LogP contribution in [0.4, 0.5) is 0 Å². The maximum atomic E-state index is 11.1. The minimum Gasteiger partial charge on any atom is -0.390 e. The first-order valence-electron chi connectivity index (χ1n) is 6.47. The van der Waals surface area contributed by atoms with E-state index in [2.05, 4.69) is 11.8 Å². The van der Waals surface area contributed by atoms with Gasteiger partial charge in [-0.3, -0.25) is 0 Å². The zero-order valence-electron chi connectivity index (χ0n) is 11.0. The lowest BCUT2D eigenvalue weighted by Crippen LogP contribution is -2.33. The summed E-state index contributed by atoms with van der Waals surface area (Å²) in [5.41, 5.74) is -0.772. The molecule has 0 saturated carbocycles. The van der Waals surface area contributed by atoms with Gasteiger partial charge < -0.3 is 10.0 Å². The Labute approximate surface area is 105 Å². The van der Waals surface area contributed by atoms with Crippen LogP contribution >= 0.6 is 0 Å². The molecule has 1 atom stereocenters. The minimum atomic E-state index is -2.97. The quantitative estimate of drug-likeness (QED) is 0.805. The number of likely N-dealkylation sites (tertiary alicyclic amines) is 1. The molecule has 5 heteroatoms. The summed E-state index contributed by atoms with van der Waals surface area (Å²) in [5, 5.41) is 10.4. The number of nitrogens with zero attached hydrogens (tertiary/aromatic N) is 1. The number of hydrogen-bond donors (Lipinski definition) is 1. The first-order chi connectivity index (χ1) is 7.85. The van der Waals surface area contributed by atoms with Crippen molar-refractivity contribution in [2.24, 2.45) is 0 Å². The first kappa shape index (κ1) is 14.9. The van der Waals surface area contributed by atoms with Crippen LogP contribution in [0.5, 0.6) is 0 Å². The van der Waals surface area contributed by atoms with Crippen LogP contribution in [0.3, 0.4) is 0 Å². The van der Waals surface area contributed by atoms with Crippen molar-refractivity contribution < 1.29 is 13.5 Å². The molecular weight excluding hydrogens is 238 g/mol. The molecule has 0 aromatic heterocycles. The van der Waals surface area contributed by atoms with Crippen LogP contribution in [0, 0.1) is 0 Å². The van der Waals surface area contributed by atoms with E-state index in [1.165, 1.54) is 6.26 Å². The molecule has 1 fully saturated rings. The Hall–Kier alpha value is -0.130. The molecule has 0 aromatic rings. The van der Waals surface area contributed by atoms with Crippen LogP contribution in [0.1, 0.15) is 39.0 Å². The fourth-order valence-corrected chi connectivity index (χ4v) is 3.15. The number of hydrogen-bond acceptors (Lipinski definition) is 4. The molecule has 0 bridgehead atoms. The van der Waals surface area contributed by atoms with Crippen molar-refractivity contribution >= 4 is 9.84 Å². The maximum Gasteiger partial charge on any atom is 0.147 e. The molecule has 0 amide bonds. The predicted octanol–water partition coefficient (Wildman–Crippen LogP) is 1.05. The smallest absolute Gasteiger partial charge is 0.147 e. The van der Waals surface area contributed by atoms with Gasteiger partial charge in [0.2, 0.25) is 0 Å². The molecule has 1 N–H and O–H groups in total. The standard InChI is InChI=1S/C12H25NO3S/c1-3-8-13-9-4-5-12(14,6-10-13)7-11-17(2,15)16/h14H,3-11H2,1-2H3. The Morgan fingerprint density at radius 2 is 2.00 bits per heavy atom. The van der Waals surface area contributed by atoms with Crippen molar-refractivity contribution in [1.82, 2.24) is 4.90 Å². The third-order valence-corrected chi connectivity index (χ3v) is 4.43. The van der Waals surface area contributed by atoms with Crippen molar-refractivity contribution in [2.75, 3.05) is 31.6 Å². The molecule has 0 radical (unpaired) electrons. The maximum absolute atomic E-state index is 11.1. The number of rotatable bonds is 5. The monoisotopic (exact) mass is 263 g/mol. The van der Waals surface area contributed by atoms with Crippen molar-refractivity contribution in [2.45, 2.75) is 44.6 Å². The molecule has 1 aliphatic rings. The second kappa shape index (κ2) is 6.16. The number of sulfone groups is 1. The van der Waals surface area contributed by atoms with Crippen molar-refractivity contribution in [3.8, 4) is 0 Å². The van der Waals surface area contributed by atoms with E-state index in [-0.39, 0.29) is 5.75 Å². The fourth-order valence-electron chi connectivity index (χ4n) is 2.40. The van der Waals surface area contributed by atoms with Crippen LogP contribution in [-0.2, 0) is 9.84 Å². The average Bonchev–Trinajstić information content (AvgIpc) is 2.39. The Balaban J connectivity index is 2.48. The summed E-state index contributed by atoms with van der Waals surface area (Å²) in [5.74, 6) is 0.0945. The summed E-state index contributed by atoms with van der Waals surface area (Å²) in [6.07, 6.45) is 5.12. The topological polar surface area (TPSA) is 57.6 Å². The highest BCUT2D eigenvalue weighted by atomic mass is 32.2. The van der Waals surface area contributed by atoms with E-state index >= 15 is 0 Å². The van der Waals surface area contributed by atoms with Crippen LogP contribution < -0.4 is 0 Å². The largest absolute Gasteiger partial charge is 0.390 e. The van der Waals surface area contributed by atoms with E-state index in [9.17, 15) is 13.5 Å². The Morgan fingerprint density at radius 1 is 1.29 bits per heavy atom. The third-order valence-electron chi connectivity index (χ3n) is 3.49. The summed E-state index contributed by atoms with van der Waals surface area (Å²) in [4.78, 5) is 2.36. The summed E-state index contributed by atoms with van der Waals surface area (Å²) in [6.45, 7) is 5.13. The van der Waals surface area contributed by atoms with Crippen LogP contribution in [0.2, 0.25) is 0 Å². The van der Waals surface area contributed by atoms with Gasteiger partial charge >= 0.3 is 0 Å². The molecule has 1 aliphatic heterocycles. The molecule has 4 nitrogen and oxygen atoms in total. The van der Waals surface area contributed by atoms with E-state index in [0.29, 0.717) is 12.8 Å². The van der Waals surface area contributed by atoms with Gasteiger partial charge in [0, 0.05) is 12.8 Å². The molecule has 1 saturated heterocycles. The van der Waals surface area contributed by atoms with E-state index in [1.54, 1.807) is 0 Å². The zero-order valence-corrected chi connectivity index (χ0v) is 11.8. The molecule has 102 valence electrons. The van der Waals surface area contributed by atoms with E-state index < -0.39 is 15.4 Å². The average molecular weight is 263 g/mol. The predicted molar refractivity (Wildman–Crippen MR) is 69.9 cm³/mol. The second-order valence-electron chi connectivity index (χ2n) is 5.30. The zero-order chi connectivity index (χ0) is 12.9. The molecule has 0 spiro atoms. The van der Waals surface area contributed by atoms with Crippen molar-refractivity contribution in [3.05, 3.63) is 0 Å². The van der Waals surface area contributed by atoms with Gasteiger partial charge in [0.05, 0.1) is 11.4 Å². The van der Waals surface area contributed by atoms with Crippen LogP contribution in [0.15, 0.2) is 0 Å². The minimum absolute atomic E-state index is 0.0945. The molecule has 17 heavy (non-hydrogen) atoms. The van der Waals surface area contributed by atoms with Gasteiger partial charge in [-0.25, -0.2) is 8.42 Å². The van der Waals surface area contributed by atoms with Gasteiger partial charge in [0.15, 0.2) is 0 Å². The summed E-state index contributed by atoms with van der Waals surface area (Å²) < 4.78 is 22.3. The summed E-state index contributed by atoms with van der Waals surface area (Å²) in [6, 6.07) is 0. The van der Waals surface area contributed by atoms with Crippen LogP contribution in [0.25, 0.3) is 0 Å². The first-order valence-corrected chi connectivity index (χ1v) is 8.53. The van der Waals surface area contributed by atoms with Gasteiger partial charge in [-0.05, 0) is 45.2 Å². The molecule has 0 aromatic carbocycles. The molecule has 1 rings (SSSR count). The van der Waals surface area contributed by atoms with Crippen molar-refractivity contribution in [1.29, 1.82) is 0 Å². The SMILES string of the molecule is CCCN1CCCC(O)(CCS(C)(=O)=O)CC1. The van der Waals surface area contributed by atoms with Gasteiger partial charge in [-0.1, -0.05) is 6.92 Å². The van der Waals surface area contributed by atoms with E-state index in [4.69, 9.17) is 0 Å². The van der Waals surface area contributed by atoms with E-state index in [1.807, 2.05) is 0 Å². The van der Waals surface area contributed by atoms with E-state index in [0.717, 1.165) is 38.9 Å². The number of aliphatic hydroxyl groups is 1. The lowest BCUT2D eigenvalue weighted by atomic mass is 9.92. The van der Waals surface area contributed by atoms with Gasteiger partial charge in [-0.2, -0.15) is 0 Å². The molecule has 1 heterocycles. The molecule has 0 aliphatic carbocycles. The highest BCUT2D eigenvalue weighted by Crippen LogP contribution is 2.26. The Bertz CT molecular complexity index is 329. The lowest BCUT2D eigenvalue weighted by Gasteiger charge is -2.26. The van der Waals surface area contributed by atoms with Crippen LogP contribution in [-0.4, -0.2) is 55.7 Å². The van der Waals surface area contributed by atoms with Gasteiger partial charge in [0.25, 0.3) is 0 Å². The third kappa shape index (κ3) is 5.84. The summed E-state index contributed by atoms with van der Waals surface area (Å²) in [7, 11) is -2.97.